The molecule has 3 nitrogen and oxygen atoms in total. The van der Waals surface area contributed by atoms with Gasteiger partial charge in [-0.25, -0.2) is 9.97 Å². The maximum atomic E-state index is 4.49. The summed E-state index contributed by atoms with van der Waals surface area (Å²) in [5.74, 6) is 2.42. The van der Waals surface area contributed by atoms with Crippen LogP contribution < -0.4 is 4.90 Å². The van der Waals surface area contributed by atoms with Crippen molar-refractivity contribution in [3.63, 3.8) is 0 Å². The number of rotatable bonds is 1. The van der Waals surface area contributed by atoms with Crippen molar-refractivity contribution in [1.82, 2.24) is 9.97 Å². The fourth-order valence-corrected chi connectivity index (χ4v) is 4.83. The molecule has 2 aliphatic rings. The van der Waals surface area contributed by atoms with E-state index in [9.17, 15) is 0 Å². The van der Waals surface area contributed by atoms with E-state index in [1.165, 1.54) is 17.6 Å². The number of anilines is 1. The zero-order chi connectivity index (χ0) is 10.5. The number of hydrogen-bond donors (Lipinski definition) is 0. The van der Waals surface area contributed by atoms with E-state index in [0.29, 0.717) is 6.04 Å². The van der Waals surface area contributed by atoms with Gasteiger partial charge in [0.15, 0.2) is 0 Å². The molecule has 2 aliphatic heterocycles. The SMILES string of the molecule is c1nc(N2C[C@H]3C[C@H]2CS3)c2ccsc2n1. The first-order valence-corrected chi connectivity index (χ1v) is 7.41. The number of hydrogen-bond acceptors (Lipinski definition) is 5. The number of thioether (sulfide) groups is 1. The molecule has 0 N–H and O–H groups in total. The average Bonchev–Trinajstić information content (AvgIpc) is 3.03. The molecule has 2 atom stereocenters. The van der Waals surface area contributed by atoms with Gasteiger partial charge in [-0.2, -0.15) is 11.8 Å². The first kappa shape index (κ1) is 9.24. The topological polar surface area (TPSA) is 29.0 Å². The highest BCUT2D eigenvalue weighted by Gasteiger charge is 2.39. The van der Waals surface area contributed by atoms with Gasteiger partial charge in [0.05, 0.1) is 5.39 Å². The number of fused-ring (bicyclic) bond motifs is 3. The van der Waals surface area contributed by atoms with Gasteiger partial charge in [-0.3, -0.25) is 0 Å². The molecule has 0 saturated carbocycles. The van der Waals surface area contributed by atoms with Gasteiger partial charge in [0.1, 0.15) is 17.0 Å². The molecule has 2 saturated heterocycles. The summed E-state index contributed by atoms with van der Waals surface area (Å²) in [6.45, 7) is 1.16. The third kappa shape index (κ3) is 1.21. The third-order valence-electron chi connectivity index (χ3n) is 3.41. The second-order valence-corrected chi connectivity index (χ2v) is 6.56. The summed E-state index contributed by atoms with van der Waals surface area (Å²) >= 11 is 3.81. The van der Waals surface area contributed by atoms with Gasteiger partial charge in [0.25, 0.3) is 0 Å². The van der Waals surface area contributed by atoms with Gasteiger partial charge >= 0.3 is 0 Å². The minimum Gasteiger partial charge on any atom is -0.351 e. The van der Waals surface area contributed by atoms with Crippen LogP contribution in [0.15, 0.2) is 17.8 Å². The van der Waals surface area contributed by atoms with Gasteiger partial charge < -0.3 is 4.90 Å². The standard InChI is InChI=1S/C11H11N3S2/c1-2-15-11-9(1)10(12-6-13-11)14-4-8-3-7(14)5-16-8/h1-2,6-8H,3-5H2/t7-,8+/m0/s1. The van der Waals surface area contributed by atoms with Crippen LogP contribution in [0.1, 0.15) is 6.42 Å². The highest BCUT2D eigenvalue weighted by Crippen LogP contribution is 2.41. The lowest BCUT2D eigenvalue weighted by atomic mass is 10.2. The average molecular weight is 249 g/mol. The van der Waals surface area contributed by atoms with Crippen molar-refractivity contribution in [2.24, 2.45) is 0 Å². The van der Waals surface area contributed by atoms with Gasteiger partial charge in [-0.1, -0.05) is 0 Å². The van der Waals surface area contributed by atoms with Crippen LogP contribution in [0.25, 0.3) is 10.2 Å². The van der Waals surface area contributed by atoms with E-state index < -0.39 is 0 Å². The Balaban J connectivity index is 1.84. The second kappa shape index (κ2) is 3.34. The summed E-state index contributed by atoms with van der Waals surface area (Å²) in [7, 11) is 0. The number of nitrogens with zero attached hydrogens (tertiary/aromatic N) is 3. The molecule has 0 spiro atoms. The van der Waals surface area contributed by atoms with E-state index in [0.717, 1.165) is 22.4 Å². The maximum absolute atomic E-state index is 4.49. The predicted molar refractivity (Wildman–Crippen MR) is 69.4 cm³/mol. The van der Waals surface area contributed by atoms with Crippen molar-refractivity contribution in [2.75, 3.05) is 17.2 Å². The van der Waals surface area contributed by atoms with Crippen molar-refractivity contribution in [3.05, 3.63) is 17.8 Å². The van der Waals surface area contributed by atoms with Crippen LogP contribution in [-0.2, 0) is 0 Å². The van der Waals surface area contributed by atoms with E-state index >= 15 is 0 Å². The predicted octanol–water partition coefficient (Wildman–Crippen LogP) is 2.39. The molecule has 0 amide bonds. The molecule has 4 rings (SSSR count). The zero-order valence-electron chi connectivity index (χ0n) is 8.67. The Labute approximate surface area is 102 Å². The van der Waals surface area contributed by atoms with Crippen LogP contribution in [0.4, 0.5) is 5.82 Å². The van der Waals surface area contributed by atoms with Crippen LogP contribution in [0.3, 0.4) is 0 Å². The molecular weight excluding hydrogens is 238 g/mol. The van der Waals surface area contributed by atoms with Crippen molar-refractivity contribution in [3.8, 4) is 0 Å². The largest absolute Gasteiger partial charge is 0.351 e. The summed E-state index contributed by atoms with van der Waals surface area (Å²) in [5.41, 5.74) is 0. The number of aromatic nitrogens is 2. The van der Waals surface area contributed by atoms with Gasteiger partial charge in [0, 0.05) is 23.6 Å². The van der Waals surface area contributed by atoms with Crippen molar-refractivity contribution in [2.45, 2.75) is 17.7 Å². The Hall–Kier alpha value is -0.810. The molecule has 5 heteroatoms. The van der Waals surface area contributed by atoms with E-state index in [1.807, 2.05) is 0 Å². The Morgan fingerprint density at radius 3 is 3.19 bits per heavy atom. The molecule has 2 aromatic rings. The summed E-state index contributed by atoms with van der Waals surface area (Å²) in [4.78, 5) is 12.4. The molecular formula is C11H11N3S2. The Morgan fingerprint density at radius 1 is 1.38 bits per heavy atom. The lowest BCUT2D eigenvalue weighted by Crippen LogP contribution is -2.34. The van der Waals surface area contributed by atoms with Crippen molar-refractivity contribution >= 4 is 39.1 Å². The summed E-state index contributed by atoms with van der Waals surface area (Å²) in [5, 5.41) is 4.16. The molecule has 2 aromatic heterocycles. The first-order valence-electron chi connectivity index (χ1n) is 5.48. The van der Waals surface area contributed by atoms with Crippen LogP contribution >= 0.6 is 23.1 Å². The molecule has 4 heterocycles. The minimum atomic E-state index is 0.702. The molecule has 16 heavy (non-hydrogen) atoms. The number of thiophene rings is 1. The van der Waals surface area contributed by atoms with Gasteiger partial charge in [-0.15, -0.1) is 11.3 Å². The van der Waals surface area contributed by atoms with Crippen LogP contribution in [0, 0.1) is 0 Å². The van der Waals surface area contributed by atoms with Crippen molar-refractivity contribution < 1.29 is 0 Å². The second-order valence-electron chi connectivity index (χ2n) is 4.33. The lowest BCUT2D eigenvalue weighted by molar-refractivity contribution is 0.754. The maximum Gasteiger partial charge on any atom is 0.141 e. The summed E-state index contributed by atoms with van der Waals surface area (Å²) in [6, 6.07) is 2.85. The van der Waals surface area contributed by atoms with Crippen LogP contribution in [0.5, 0.6) is 0 Å². The molecule has 0 radical (unpaired) electrons. The molecule has 82 valence electrons. The molecule has 0 unspecified atom stereocenters. The fourth-order valence-electron chi connectivity index (χ4n) is 2.66. The molecule has 0 aliphatic carbocycles. The molecule has 2 bridgehead atoms. The van der Waals surface area contributed by atoms with Gasteiger partial charge in [0.2, 0.25) is 0 Å². The van der Waals surface area contributed by atoms with Crippen LogP contribution in [-0.4, -0.2) is 33.6 Å². The monoisotopic (exact) mass is 249 g/mol. The zero-order valence-corrected chi connectivity index (χ0v) is 10.3. The lowest BCUT2D eigenvalue weighted by Gasteiger charge is -2.27. The third-order valence-corrected chi connectivity index (χ3v) is 5.62. The van der Waals surface area contributed by atoms with E-state index in [-0.39, 0.29) is 0 Å². The Morgan fingerprint density at radius 2 is 2.38 bits per heavy atom. The van der Waals surface area contributed by atoms with Crippen LogP contribution in [0.2, 0.25) is 0 Å². The van der Waals surface area contributed by atoms with E-state index in [1.54, 1.807) is 17.7 Å². The molecule has 2 fully saturated rings. The van der Waals surface area contributed by atoms with E-state index in [4.69, 9.17) is 0 Å². The van der Waals surface area contributed by atoms with E-state index in [2.05, 4.69) is 38.1 Å². The minimum absolute atomic E-state index is 0.702. The highest BCUT2D eigenvalue weighted by molar-refractivity contribution is 8.00. The normalized spacial score (nSPS) is 28.1. The highest BCUT2D eigenvalue weighted by atomic mass is 32.2. The smallest absolute Gasteiger partial charge is 0.141 e. The quantitative estimate of drug-likeness (QED) is 0.776. The van der Waals surface area contributed by atoms with Gasteiger partial charge in [-0.05, 0) is 17.9 Å². The Bertz CT molecular complexity index is 539. The Kier molecular flexibility index (Phi) is 1.93. The van der Waals surface area contributed by atoms with Crippen molar-refractivity contribution in [1.29, 1.82) is 0 Å². The summed E-state index contributed by atoms with van der Waals surface area (Å²) < 4.78 is 0. The first-order chi connectivity index (χ1) is 7.92. The fraction of sp³-hybridized carbons (Fsp3) is 0.455. The summed E-state index contributed by atoms with van der Waals surface area (Å²) in [6.07, 6.45) is 3.04. The molecule has 0 aromatic carbocycles.